The van der Waals surface area contributed by atoms with Gasteiger partial charge in [0, 0.05) is 6.54 Å². The van der Waals surface area contributed by atoms with Crippen molar-refractivity contribution in [2.45, 2.75) is 18.2 Å². The third kappa shape index (κ3) is 2.46. The van der Waals surface area contributed by atoms with Crippen LogP contribution >= 0.6 is 0 Å². The van der Waals surface area contributed by atoms with E-state index in [0.717, 1.165) is 0 Å². The zero-order valence-electron chi connectivity index (χ0n) is 9.03. The standard InChI is InChI=1S/C9H8F5NO2S/c1-2-3-15-18(16,17)9-7(13)5(11)4(10)6(12)8(9)14/h15H,2-3H2,1H3. The van der Waals surface area contributed by atoms with Gasteiger partial charge in [-0.1, -0.05) is 6.92 Å². The van der Waals surface area contributed by atoms with Crippen LogP contribution in [0.3, 0.4) is 0 Å². The maximum atomic E-state index is 13.2. The van der Waals surface area contributed by atoms with E-state index < -0.39 is 44.0 Å². The first-order chi connectivity index (χ1) is 8.24. The molecule has 0 atom stereocenters. The van der Waals surface area contributed by atoms with Crippen molar-refractivity contribution in [3.8, 4) is 0 Å². The Morgan fingerprint density at radius 1 is 0.889 bits per heavy atom. The summed E-state index contributed by atoms with van der Waals surface area (Å²) in [5.74, 6) is -11.8. The lowest BCUT2D eigenvalue weighted by atomic mass is 10.3. The van der Waals surface area contributed by atoms with E-state index in [1.54, 1.807) is 11.6 Å². The van der Waals surface area contributed by atoms with Gasteiger partial charge in [-0.15, -0.1) is 0 Å². The molecule has 1 aromatic rings. The Morgan fingerprint density at radius 3 is 1.67 bits per heavy atom. The lowest BCUT2D eigenvalue weighted by Crippen LogP contribution is -2.27. The highest BCUT2D eigenvalue weighted by molar-refractivity contribution is 7.89. The first-order valence-electron chi connectivity index (χ1n) is 4.75. The molecule has 0 aliphatic carbocycles. The molecule has 0 heterocycles. The van der Waals surface area contributed by atoms with Gasteiger partial charge in [0.1, 0.15) is 0 Å². The molecule has 0 bridgehead atoms. The fourth-order valence-corrected chi connectivity index (χ4v) is 2.40. The van der Waals surface area contributed by atoms with Gasteiger partial charge in [-0.05, 0) is 6.42 Å². The van der Waals surface area contributed by atoms with Gasteiger partial charge in [-0.2, -0.15) is 0 Å². The predicted octanol–water partition coefficient (Wildman–Crippen LogP) is 2.07. The smallest absolute Gasteiger partial charge is 0.211 e. The number of hydrogen-bond acceptors (Lipinski definition) is 2. The van der Waals surface area contributed by atoms with E-state index in [0.29, 0.717) is 0 Å². The predicted molar refractivity (Wildman–Crippen MR) is 51.7 cm³/mol. The van der Waals surface area contributed by atoms with E-state index in [-0.39, 0.29) is 13.0 Å². The molecule has 102 valence electrons. The lowest BCUT2D eigenvalue weighted by Gasteiger charge is -2.09. The second kappa shape index (κ2) is 5.19. The molecule has 1 aromatic carbocycles. The van der Waals surface area contributed by atoms with Crippen molar-refractivity contribution in [2.75, 3.05) is 6.54 Å². The largest absolute Gasteiger partial charge is 0.246 e. The van der Waals surface area contributed by atoms with Crippen molar-refractivity contribution in [3.05, 3.63) is 29.1 Å². The topological polar surface area (TPSA) is 46.2 Å². The highest BCUT2D eigenvalue weighted by atomic mass is 32.2. The number of rotatable bonds is 4. The van der Waals surface area contributed by atoms with Crippen molar-refractivity contribution in [1.29, 1.82) is 0 Å². The summed E-state index contributed by atoms with van der Waals surface area (Å²) in [6, 6.07) is 0. The summed E-state index contributed by atoms with van der Waals surface area (Å²) in [5.41, 5.74) is 0. The molecule has 3 nitrogen and oxygen atoms in total. The molecule has 0 fully saturated rings. The summed E-state index contributed by atoms with van der Waals surface area (Å²) in [6.45, 7) is 1.36. The minimum Gasteiger partial charge on any atom is -0.211 e. The van der Waals surface area contributed by atoms with E-state index in [9.17, 15) is 30.4 Å². The fraction of sp³-hybridized carbons (Fsp3) is 0.333. The Balaban J connectivity index is 3.52. The summed E-state index contributed by atoms with van der Waals surface area (Å²) in [7, 11) is -4.79. The zero-order chi connectivity index (χ0) is 14.1. The summed E-state index contributed by atoms with van der Waals surface area (Å²) in [6.07, 6.45) is 0.286. The highest BCUT2D eigenvalue weighted by Gasteiger charge is 2.33. The Bertz CT molecular complexity index is 544. The molecular weight excluding hydrogens is 281 g/mol. The van der Waals surface area contributed by atoms with Gasteiger partial charge in [-0.3, -0.25) is 0 Å². The maximum absolute atomic E-state index is 13.2. The summed E-state index contributed by atoms with van der Waals surface area (Å²) >= 11 is 0. The van der Waals surface area contributed by atoms with Gasteiger partial charge in [0.15, 0.2) is 28.2 Å². The number of hydrogen-bond donors (Lipinski definition) is 1. The van der Waals surface area contributed by atoms with Crippen molar-refractivity contribution >= 4 is 10.0 Å². The Kier molecular flexibility index (Phi) is 4.28. The highest BCUT2D eigenvalue weighted by Crippen LogP contribution is 2.26. The van der Waals surface area contributed by atoms with Gasteiger partial charge in [-0.25, -0.2) is 35.1 Å². The van der Waals surface area contributed by atoms with Crippen LogP contribution in [-0.4, -0.2) is 15.0 Å². The minimum absolute atomic E-state index is 0.193. The van der Waals surface area contributed by atoms with Crippen molar-refractivity contribution in [3.63, 3.8) is 0 Å². The van der Waals surface area contributed by atoms with Crippen LogP contribution in [-0.2, 0) is 10.0 Å². The number of halogens is 5. The Labute approximate surface area is 99.7 Å². The van der Waals surface area contributed by atoms with Crippen LogP contribution in [0.15, 0.2) is 4.90 Å². The van der Waals surface area contributed by atoms with Crippen molar-refractivity contribution < 1.29 is 30.4 Å². The monoisotopic (exact) mass is 289 g/mol. The molecule has 0 saturated carbocycles. The average molecular weight is 289 g/mol. The third-order valence-electron chi connectivity index (χ3n) is 1.98. The van der Waals surface area contributed by atoms with Gasteiger partial charge < -0.3 is 0 Å². The molecule has 0 radical (unpaired) electrons. The minimum atomic E-state index is -4.79. The summed E-state index contributed by atoms with van der Waals surface area (Å²) in [5, 5.41) is 0. The Morgan fingerprint density at radius 2 is 1.28 bits per heavy atom. The number of benzene rings is 1. The molecule has 1 N–H and O–H groups in total. The van der Waals surface area contributed by atoms with Crippen molar-refractivity contribution in [2.24, 2.45) is 0 Å². The third-order valence-corrected chi connectivity index (χ3v) is 3.46. The van der Waals surface area contributed by atoms with Crippen molar-refractivity contribution in [1.82, 2.24) is 4.72 Å². The van der Waals surface area contributed by atoms with Gasteiger partial charge in [0.2, 0.25) is 15.8 Å². The Hall–Kier alpha value is -1.22. The van der Waals surface area contributed by atoms with Crippen LogP contribution in [0.1, 0.15) is 13.3 Å². The van der Waals surface area contributed by atoms with Crippen LogP contribution in [0.5, 0.6) is 0 Å². The van der Waals surface area contributed by atoms with E-state index in [4.69, 9.17) is 0 Å². The maximum Gasteiger partial charge on any atom is 0.246 e. The van der Waals surface area contributed by atoms with E-state index in [1.807, 2.05) is 0 Å². The lowest BCUT2D eigenvalue weighted by molar-refractivity contribution is 0.357. The molecular formula is C9H8F5NO2S. The summed E-state index contributed by atoms with van der Waals surface area (Å²) < 4.78 is 89.2. The van der Waals surface area contributed by atoms with Gasteiger partial charge in [0.25, 0.3) is 0 Å². The molecule has 0 spiro atoms. The molecule has 0 amide bonds. The molecule has 0 saturated heterocycles. The van der Waals surface area contributed by atoms with E-state index >= 15 is 0 Å². The normalized spacial score (nSPS) is 11.9. The first kappa shape index (κ1) is 14.8. The SMILES string of the molecule is CCCNS(=O)(=O)c1c(F)c(F)c(F)c(F)c1F. The molecule has 9 heteroatoms. The molecule has 18 heavy (non-hydrogen) atoms. The average Bonchev–Trinajstić information content (AvgIpc) is 2.31. The van der Waals surface area contributed by atoms with Crippen LogP contribution in [0.4, 0.5) is 22.0 Å². The second-order valence-corrected chi connectivity index (χ2v) is 5.00. The van der Waals surface area contributed by atoms with Crippen LogP contribution in [0.25, 0.3) is 0 Å². The van der Waals surface area contributed by atoms with E-state index in [1.165, 1.54) is 0 Å². The molecule has 0 aromatic heterocycles. The summed E-state index contributed by atoms with van der Waals surface area (Å²) in [4.78, 5) is -1.87. The molecule has 0 aliphatic rings. The van der Waals surface area contributed by atoms with Crippen LogP contribution < -0.4 is 4.72 Å². The zero-order valence-corrected chi connectivity index (χ0v) is 9.85. The van der Waals surface area contributed by atoms with Gasteiger partial charge in [0.05, 0.1) is 0 Å². The quantitative estimate of drug-likeness (QED) is 0.524. The number of sulfonamides is 1. The molecule has 1 rings (SSSR count). The first-order valence-corrected chi connectivity index (χ1v) is 6.23. The number of nitrogens with one attached hydrogen (secondary N) is 1. The van der Waals surface area contributed by atoms with Crippen LogP contribution in [0.2, 0.25) is 0 Å². The second-order valence-electron chi connectivity index (χ2n) is 3.30. The van der Waals surface area contributed by atoms with Crippen LogP contribution in [0, 0.1) is 29.1 Å². The molecule has 0 aliphatic heterocycles. The van der Waals surface area contributed by atoms with Gasteiger partial charge >= 0.3 is 0 Å². The fourth-order valence-electron chi connectivity index (χ4n) is 1.13. The molecule has 0 unspecified atom stereocenters. The van der Waals surface area contributed by atoms with E-state index in [2.05, 4.69) is 0 Å².